The standard InChI is InChI=1S/C37H49F5N8OS/c1-4-8-31(49(13-6-11-38)14-7-12-46-33(45)21-43)34-29(39)19-28(20-32(34)52-3)50-22-26-18-30(47-35(26)48-36(50)51)25-15-24(10-5-9-23(2)44)16-27(17-25)37(40,41)42/h15-20,22-23,31H,4-14,21,43-44H2,1-3H3,(H2,45,46)(H,47,48,51). The van der Waals surface area contributed by atoms with Gasteiger partial charge >= 0.3 is 11.9 Å². The first kappa shape index (κ1) is 41.0. The van der Waals surface area contributed by atoms with Crippen molar-refractivity contribution >= 4 is 28.6 Å². The van der Waals surface area contributed by atoms with Crippen LogP contribution in [0.15, 0.2) is 57.3 Å². The lowest BCUT2D eigenvalue weighted by Gasteiger charge is -2.33. The summed E-state index contributed by atoms with van der Waals surface area (Å²) in [6, 6.07) is 8.14. The number of aliphatic imine (C=N–C) groups is 1. The first-order chi connectivity index (χ1) is 24.8. The molecule has 0 aliphatic heterocycles. The largest absolute Gasteiger partial charge is 0.416 e. The van der Waals surface area contributed by atoms with Gasteiger partial charge in [-0.05, 0) is 99.2 Å². The number of aromatic nitrogens is 3. The Morgan fingerprint density at radius 2 is 1.85 bits per heavy atom. The number of aryl methyl sites for hydroxylation is 1. The molecule has 284 valence electrons. The molecule has 0 aliphatic carbocycles. The molecule has 0 bridgehead atoms. The Kier molecular flexibility index (Phi) is 14.8. The third kappa shape index (κ3) is 10.6. The lowest BCUT2D eigenvalue weighted by molar-refractivity contribution is -0.137. The number of nitrogens with two attached hydrogens (primary N) is 3. The molecule has 4 rings (SSSR count). The van der Waals surface area contributed by atoms with Crippen LogP contribution in [0, 0.1) is 5.82 Å². The highest BCUT2D eigenvalue weighted by Crippen LogP contribution is 2.38. The van der Waals surface area contributed by atoms with E-state index < -0.39 is 29.9 Å². The Labute approximate surface area is 305 Å². The molecule has 0 saturated heterocycles. The van der Waals surface area contributed by atoms with E-state index in [4.69, 9.17) is 17.2 Å². The minimum atomic E-state index is -4.55. The number of H-pyrrole nitrogens is 1. The van der Waals surface area contributed by atoms with Gasteiger partial charge in [-0.25, -0.2) is 9.18 Å². The molecule has 2 unspecified atom stereocenters. The lowest BCUT2D eigenvalue weighted by Crippen LogP contribution is -2.33. The van der Waals surface area contributed by atoms with Crippen LogP contribution in [0.5, 0.6) is 0 Å². The van der Waals surface area contributed by atoms with E-state index in [9.17, 15) is 22.4 Å². The van der Waals surface area contributed by atoms with Crippen LogP contribution < -0.4 is 22.9 Å². The number of hydrogen-bond acceptors (Lipinski definition) is 7. The second-order valence-corrected chi connectivity index (χ2v) is 13.9. The van der Waals surface area contributed by atoms with Crippen molar-refractivity contribution in [2.24, 2.45) is 22.2 Å². The maximum atomic E-state index is 16.3. The van der Waals surface area contributed by atoms with Gasteiger partial charge in [0, 0.05) is 59.5 Å². The van der Waals surface area contributed by atoms with Crippen molar-refractivity contribution in [1.82, 2.24) is 19.4 Å². The van der Waals surface area contributed by atoms with Gasteiger partial charge in [0.2, 0.25) is 0 Å². The SMILES string of the molecule is CCCC(c1c(F)cc(-n2cc3cc(-c4cc(CCCC(C)N)cc(C(F)(F)F)c4)[nH]c3nc2=O)cc1SC)N(CCCF)CCCN=C(N)CN. The molecule has 15 heteroatoms. The van der Waals surface area contributed by atoms with Crippen LogP contribution in [0.1, 0.15) is 75.1 Å². The minimum absolute atomic E-state index is 0.0625. The van der Waals surface area contributed by atoms with Gasteiger partial charge in [0.05, 0.1) is 24.5 Å². The molecule has 2 aromatic heterocycles. The zero-order chi connectivity index (χ0) is 38.0. The number of thioether (sulfide) groups is 1. The second kappa shape index (κ2) is 18.8. The Morgan fingerprint density at radius 1 is 1.10 bits per heavy atom. The van der Waals surface area contributed by atoms with E-state index in [1.807, 2.05) is 20.1 Å². The summed E-state index contributed by atoms with van der Waals surface area (Å²) in [6.07, 6.45) is 2.78. The maximum Gasteiger partial charge on any atom is 0.416 e. The summed E-state index contributed by atoms with van der Waals surface area (Å²) >= 11 is 1.34. The topological polar surface area (TPSA) is 144 Å². The number of amidine groups is 1. The molecule has 9 nitrogen and oxygen atoms in total. The molecule has 52 heavy (non-hydrogen) atoms. The molecular formula is C37H49F5N8OS. The fraction of sp³-hybridized carbons (Fsp3) is 0.486. The number of halogens is 5. The van der Waals surface area contributed by atoms with Gasteiger partial charge in [0.25, 0.3) is 0 Å². The summed E-state index contributed by atoms with van der Waals surface area (Å²) < 4.78 is 72.6. The highest BCUT2D eigenvalue weighted by Gasteiger charge is 2.31. The Morgan fingerprint density at radius 3 is 2.50 bits per heavy atom. The number of aromatic amines is 1. The first-order valence-electron chi connectivity index (χ1n) is 17.6. The molecule has 2 aromatic carbocycles. The highest BCUT2D eigenvalue weighted by atomic mass is 32.2. The number of nitrogens with zero attached hydrogens (tertiary/aromatic N) is 4. The van der Waals surface area contributed by atoms with Crippen LogP contribution in [-0.4, -0.2) is 70.4 Å². The summed E-state index contributed by atoms with van der Waals surface area (Å²) in [5, 5.41) is 0.458. The molecule has 0 saturated carbocycles. The zero-order valence-electron chi connectivity index (χ0n) is 29.9. The molecule has 2 atom stereocenters. The molecule has 0 amide bonds. The van der Waals surface area contributed by atoms with Crippen molar-refractivity contribution in [3.05, 3.63) is 75.6 Å². The summed E-state index contributed by atoms with van der Waals surface area (Å²) in [6.45, 7) is 4.90. The highest BCUT2D eigenvalue weighted by molar-refractivity contribution is 7.98. The normalized spacial score (nSPS) is 13.7. The van der Waals surface area contributed by atoms with Crippen molar-refractivity contribution in [2.75, 3.05) is 39.1 Å². The molecule has 2 heterocycles. The molecular weight excluding hydrogens is 700 g/mol. The number of alkyl halides is 4. The number of hydrogen-bond donors (Lipinski definition) is 4. The van der Waals surface area contributed by atoms with Gasteiger partial charge in [0.15, 0.2) is 0 Å². The van der Waals surface area contributed by atoms with E-state index in [0.29, 0.717) is 90.2 Å². The summed E-state index contributed by atoms with van der Waals surface area (Å²) in [4.78, 5) is 27.5. The third-order valence-electron chi connectivity index (χ3n) is 8.88. The average molecular weight is 749 g/mol. The van der Waals surface area contributed by atoms with Crippen molar-refractivity contribution in [3.8, 4) is 16.9 Å². The fourth-order valence-corrected chi connectivity index (χ4v) is 7.05. The predicted octanol–water partition coefficient (Wildman–Crippen LogP) is 7.14. The summed E-state index contributed by atoms with van der Waals surface area (Å²) in [7, 11) is 0. The number of rotatable bonds is 19. The number of nitrogens with one attached hydrogen (secondary N) is 1. The second-order valence-electron chi connectivity index (χ2n) is 13.0. The van der Waals surface area contributed by atoms with Crippen LogP contribution >= 0.6 is 11.8 Å². The predicted molar refractivity (Wildman–Crippen MR) is 200 cm³/mol. The smallest absolute Gasteiger partial charge is 0.386 e. The molecule has 4 aromatic rings. The van der Waals surface area contributed by atoms with E-state index in [0.717, 1.165) is 18.6 Å². The quantitative estimate of drug-likeness (QED) is 0.0262. The van der Waals surface area contributed by atoms with Crippen LogP contribution in [0.25, 0.3) is 28.0 Å². The summed E-state index contributed by atoms with van der Waals surface area (Å²) in [5.41, 5.74) is 17.7. The van der Waals surface area contributed by atoms with Crippen molar-refractivity contribution < 1.29 is 22.0 Å². The van der Waals surface area contributed by atoms with Crippen LogP contribution in [0.4, 0.5) is 22.0 Å². The van der Waals surface area contributed by atoms with E-state index in [1.165, 1.54) is 28.6 Å². The third-order valence-corrected chi connectivity index (χ3v) is 9.66. The minimum Gasteiger partial charge on any atom is -0.386 e. The van der Waals surface area contributed by atoms with Crippen molar-refractivity contribution in [1.29, 1.82) is 0 Å². The Hall–Kier alpha value is -3.79. The van der Waals surface area contributed by atoms with Gasteiger partial charge in [-0.15, -0.1) is 11.8 Å². The fourth-order valence-electron chi connectivity index (χ4n) is 6.36. The average Bonchev–Trinajstić information content (AvgIpc) is 3.52. The van der Waals surface area contributed by atoms with Crippen LogP contribution in [0.2, 0.25) is 0 Å². The number of fused-ring (bicyclic) bond motifs is 1. The molecule has 0 spiro atoms. The summed E-state index contributed by atoms with van der Waals surface area (Å²) in [5.74, 6) is -0.169. The monoisotopic (exact) mass is 748 g/mol. The van der Waals surface area contributed by atoms with Crippen LogP contribution in [0.3, 0.4) is 0 Å². The maximum absolute atomic E-state index is 16.3. The van der Waals surface area contributed by atoms with Gasteiger partial charge in [-0.3, -0.25) is 18.8 Å². The Bertz CT molecular complexity index is 1870. The molecule has 0 fully saturated rings. The van der Waals surface area contributed by atoms with E-state index in [-0.39, 0.29) is 36.4 Å². The molecule has 0 radical (unpaired) electrons. The lowest BCUT2D eigenvalue weighted by atomic mass is 9.98. The Balaban J connectivity index is 1.72. The van der Waals surface area contributed by atoms with Crippen LogP contribution in [-0.2, 0) is 12.6 Å². The van der Waals surface area contributed by atoms with E-state index in [1.54, 1.807) is 18.2 Å². The zero-order valence-corrected chi connectivity index (χ0v) is 30.7. The molecule has 7 N–H and O–H groups in total. The number of benzene rings is 2. The van der Waals surface area contributed by atoms with Crippen molar-refractivity contribution in [3.63, 3.8) is 0 Å². The van der Waals surface area contributed by atoms with E-state index >= 15 is 4.39 Å². The molecule has 0 aliphatic rings. The van der Waals surface area contributed by atoms with Gasteiger partial charge in [0.1, 0.15) is 17.3 Å². The first-order valence-corrected chi connectivity index (χ1v) is 18.8. The van der Waals surface area contributed by atoms with E-state index in [2.05, 4.69) is 19.9 Å². The van der Waals surface area contributed by atoms with Crippen molar-refractivity contribution in [2.45, 2.75) is 81.9 Å². The van der Waals surface area contributed by atoms with Gasteiger partial charge in [-0.1, -0.05) is 13.3 Å². The van der Waals surface area contributed by atoms with Gasteiger partial charge < -0.3 is 22.2 Å². The van der Waals surface area contributed by atoms with Gasteiger partial charge in [-0.2, -0.15) is 18.2 Å².